The number of aliphatic imine (C=N–C) groups is 1. The third-order valence-electron chi connectivity index (χ3n) is 2.08. The highest BCUT2D eigenvalue weighted by Crippen LogP contribution is 2.38. The summed E-state index contributed by atoms with van der Waals surface area (Å²) in [7, 11) is 0. The Morgan fingerprint density at radius 2 is 1.60 bits per heavy atom. The van der Waals surface area contributed by atoms with Gasteiger partial charge >= 0.3 is 12.4 Å². The van der Waals surface area contributed by atoms with E-state index in [-0.39, 0.29) is 11.8 Å². The molecule has 1 aromatic carbocycles. The van der Waals surface area contributed by atoms with Crippen LogP contribution < -0.4 is 0 Å². The third kappa shape index (κ3) is 4.67. The summed E-state index contributed by atoms with van der Waals surface area (Å²) in [6, 6.07) is 4.44. The van der Waals surface area contributed by atoms with Crippen molar-refractivity contribution in [3.8, 4) is 0 Å². The van der Waals surface area contributed by atoms with Crippen molar-refractivity contribution in [2.24, 2.45) is 4.99 Å². The molecular weight excluding hydrogens is 291 g/mol. The van der Waals surface area contributed by atoms with Gasteiger partial charge in [-0.1, -0.05) is 6.07 Å². The van der Waals surface area contributed by atoms with Crippen molar-refractivity contribution in [1.29, 1.82) is 0 Å². The van der Waals surface area contributed by atoms with Crippen LogP contribution in [0.3, 0.4) is 0 Å². The van der Waals surface area contributed by atoms with E-state index in [0.717, 1.165) is 19.1 Å². The number of rotatable bonds is 2. The van der Waals surface area contributed by atoms with Gasteiger partial charge in [-0.2, -0.15) is 26.3 Å². The molecular formula is C12H8F7N. The summed E-state index contributed by atoms with van der Waals surface area (Å²) in [5.41, 5.74) is -3.29. The molecule has 0 saturated heterocycles. The highest BCUT2D eigenvalue weighted by molar-refractivity contribution is 5.95. The summed E-state index contributed by atoms with van der Waals surface area (Å²) in [5.74, 6) is -0.699. The molecule has 8 heteroatoms. The van der Waals surface area contributed by atoms with Gasteiger partial charge < -0.3 is 0 Å². The topological polar surface area (TPSA) is 12.4 Å². The molecule has 0 radical (unpaired) electrons. The maximum atomic E-state index is 12.8. The first-order valence-corrected chi connectivity index (χ1v) is 5.17. The van der Waals surface area contributed by atoms with Crippen LogP contribution in [0.1, 0.15) is 6.92 Å². The fraction of sp³-hybridized carbons (Fsp3) is 0.250. The van der Waals surface area contributed by atoms with E-state index in [1.165, 1.54) is 12.1 Å². The van der Waals surface area contributed by atoms with Crippen LogP contribution in [0, 0.1) is 5.82 Å². The zero-order chi connectivity index (χ0) is 15.6. The SMILES string of the molecule is CC(C=C(C(F)(F)F)C(F)(F)F)=Nc1cccc(F)c1. The average molecular weight is 299 g/mol. The molecule has 0 aliphatic heterocycles. The minimum absolute atomic E-state index is 0.0811. The highest BCUT2D eigenvalue weighted by Gasteiger charge is 2.50. The molecule has 1 aromatic rings. The molecule has 0 N–H and O–H groups in total. The van der Waals surface area contributed by atoms with Crippen LogP contribution in [0.4, 0.5) is 36.4 Å². The van der Waals surface area contributed by atoms with Gasteiger partial charge in [0.2, 0.25) is 0 Å². The van der Waals surface area contributed by atoms with Gasteiger partial charge in [0.1, 0.15) is 11.4 Å². The van der Waals surface area contributed by atoms with Crippen LogP contribution in [0.5, 0.6) is 0 Å². The second-order valence-corrected chi connectivity index (χ2v) is 3.79. The Balaban J connectivity index is 3.18. The predicted octanol–water partition coefficient (Wildman–Crippen LogP) is 4.97. The Bertz CT molecular complexity index is 521. The van der Waals surface area contributed by atoms with Crippen molar-refractivity contribution < 1.29 is 30.7 Å². The number of hydrogen-bond donors (Lipinski definition) is 0. The summed E-state index contributed by atoms with van der Waals surface area (Å²) in [6.07, 6.45) is -11.2. The van der Waals surface area contributed by atoms with E-state index >= 15 is 0 Å². The molecule has 0 aromatic heterocycles. The molecule has 0 bridgehead atoms. The second-order valence-electron chi connectivity index (χ2n) is 3.79. The van der Waals surface area contributed by atoms with E-state index in [2.05, 4.69) is 4.99 Å². The maximum Gasteiger partial charge on any atom is 0.421 e. The molecule has 0 saturated carbocycles. The van der Waals surface area contributed by atoms with Gasteiger partial charge in [-0.05, 0) is 31.2 Å². The molecule has 0 heterocycles. The fourth-order valence-corrected chi connectivity index (χ4v) is 1.31. The van der Waals surface area contributed by atoms with Crippen LogP contribution in [0.2, 0.25) is 0 Å². The summed E-state index contributed by atoms with van der Waals surface area (Å²) in [6.45, 7) is 0.961. The lowest BCUT2D eigenvalue weighted by atomic mass is 10.2. The Morgan fingerprint density at radius 3 is 2.05 bits per heavy atom. The predicted molar refractivity (Wildman–Crippen MR) is 59.4 cm³/mol. The Labute approximate surface area is 109 Å². The quantitative estimate of drug-likeness (QED) is 0.540. The lowest BCUT2D eigenvalue weighted by molar-refractivity contribution is -0.171. The van der Waals surface area contributed by atoms with E-state index in [1.807, 2.05) is 0 Å². The van der Waals surface area contributed by atoms with Crippen molar-refractivity contribution in [3.05, 3.63) is 41.7 Å². The molecule has 0 aliphatic rings. The van der Waals surface area contributed by atoms with Gasteiger partial charge in [-0.15, -0.1) is 0 Å². The molecule has 1 nitrogen and oxygen atoms in total. The molecule has 0 aliphatic carbocycles. The molecule has 110 valence electrons. The molecule has 1 rings (SSSR count). The van der Waals surface area contributed by atoms with Gasteiger partial charge in [-0.3, -0.25) is 4.99 Å². The number of alkyl halides is 6. The van der Waals surface area contributed by atoms with Crippen molar-refractivity contribution in [1.82, 2.24) is 0 Å². The Morgan fingerprint density at radius 1 is 1.05 bits per heavy atom. The van der Waals surface area contributed by atoms with Crippen molar-refractivity contribution >= 4 is 11.4 Å². The fourth-order valence-electron chi connectivity index (χ4n) is 1.31. The van der Waals surface area contributed by atoms with Crippen LogP contribution in [-0.2, 0) is 0 Å². The van der Waals surface area contributed by atoms with E-state index in [9.17, 15) is 30.7 Å². The maximum absolute atomic E-state index is 12.8. The molecule has 0 atom stereocenters. The minimum Gasteiger partial charge on any atom is -0.254 e. The van der Waals surface area contributed by atoms with Crippen LogP contribution in [-0.4, -0.2) is 18.1 Å². The molecule has 0 unspecified atom stereocenters. The van der Waals surface area contributed by atoms with Gasteiger partial charge in [0.15, 0.2) is 0 Å². The van der Waals surface area contributed by atoms with Crippen LogP contribution in [0.15, 0.2) is 40.9 Å². The van der Waals surface area contributed by atoms with Gasteiger partial charge in [-0.25, -0.2) is 4.39 Å². The van der Waals surface area contributed by atoms with E-state index < -0.39 is 29.5 Å². The lowest BCUT2D eigenvalue weighted by Gasteiger charge is -2.14. The molecule has 0 spiro atoms. The zero-order valence-corrected chi connectivity index (χ0v) is 9.98. The van der Waals surface area contributed by atoms with Crippen molar-refractivity contribution in [2.75, 3.05) is 0 Å². The summed E-state index contributed by atoms with van der Waals surface area (Å²) < 4.78 is 86.5. The first kappa shape index (κ1) is 16.2. The second kappa shape index (κ2) is 5.64. The summed E-state index contributed by atoms with van der Waals surface area (Å²) in [5, 5.41) is 0. The van der Waals surface area contributed by atoms with Crippen LogP contribution in [0.25, 0.3) is 0 Å². The first-order chi connectivity index (χ1) is 9.00. The molecule has 20 heavy (non-hydrogen) atoms. The van der Waals surface area contributed by atoms with Gasteiger partial charge in [0.05, 0.1) is 5.69 Å². The highest BCUT2D eigenvalue weighted by atomic mass is 19.4. The van der Waals surface area contributed by atoms with E-state index in [0.29, 0.717) is 0 Å². The number of nitrogens with zero attached hydrogens (tertiary/aromatic N) is 1. The lowest BCUT2D eigenvalue weighted by Crippen LogP contribution is -2.26. The standard InChI is InChI=1S/C12H8F7N/c1-7(20-9-4-2-3-8(13)6-9)5-10(11(14,15)16)12(17,18)19/h2-6H,1H3. The normalized spacial score (nSPS) is 13.3. The van der Waals surface area contributed by atoms with Gasteiger partial charge in [0, 0.05) is 5.71 Å². The van der Waals surface area contributed by atoms with E-state index in [1.54, 1.807) is 0 Å². The number of halogens is 7. The van der Waals surface area contributed by atoms with Crippen LogP contribution >= 0.6 is 0 Å². The monoisotopic (exact) mass is 299 g/mol. The number of hydrogen-bond acceptors (Lipinski definition) is 1. The largest absolute Gasteiger partial charge is 0.421 e. The Kier molecular flexibility index (Phi) is 4.57. The van der Waals surface area contributed by atoms with Gasteiger partial charge in [0.25, 0.3) is 0 Å². The Hall–Kier alpha value is -1.86. The first-order valence-electron chi connectivity index (χ1n) is 5.17. The number of allylic oxidation sites excluding steroid dienone is 2. The molecule has 0 amide bonds. The number of benzene rings is 1. The smallest absolute Gasteiger partial charge is 0.254 e. The summed E-state index contributed by atoms with van der Waals surface area (Å²) in [4.78, 5) is 3.49. The molecule has 0 fully saturated rings. The van der Waals surface area contributed by atoms with Crippen molar-refractivity contribution in [3.63, 3.8) is 0 Å². The minimum atomic E-state index is -5.54. The average Bonchev–Trinajstić information content (AvgIpc) is 2.22. The third-order valence-corrected chi connectivity index (χ3v) is 2.08. The van der Waals surface area contributed by atoms with E-state index in [4.69, 9.17) is 0 Å². The zero-order valence-electron chi connectivity index (χ0n) is 9.98. The van der Waals surface area contributed by atoms with Crippen molar-refractivity contribution in [2.45, 2.75) is 19.3 Å². The summed E-state index contributed by atoms with van der Waals surface area (Å²) >= 11 is 0.